The molecule has 0 radical (unpaired) electrons. The minimum absolute atomic E-state index is 0.639. The van der Waals surface area contributed by atoms with E-state index >= 15 is 0 Å². The first-order valence-electron chi connectivity index (χ1n) is 2.02. The van der Waals surface area contributed by atoms with Crippen LogP contribution >= 0.6 is 0 Å². The third kappa shape index (κ3) is 1.93. The highest BCUT2D eigenvalue weighted by atomic mass is 19.4. The Labute approximate surface area is 53.5 Å². The number of nitriles is 1. The average Bonchev–Trinajstić information content (AvgIpc) is 1.83. The second kappa shape index (κ2) is 2.56. The van der Waals surface area contributed by atoms with E-state index in [-0.39, 0.29) is 0 Å². The molecule has 0 rings (SSSR count). The lowest BCUT2D eigenvalue weighted by Gasteiger charge is -2.03. The van der Waals surface area contributed by atoms with Gasteiger partial charge in [0.15, 0.2) is 5.70 Å². The van der Waals surface area contributed by atoms with E-state index in [1.165, 1.54) is 0 Å². The highest BCUT2D eigenvalue weighted by Crippen LogP contribution is 2.23. The quantitative estimate of drug-likeness (QED) is 0.421. The molecule has 10 heavy (non-hydrogen) atoms. The van der Waals surface area contributed by atoms with Gasteiger partial charge in [0, 0.05) is 0 Å². The molecule has 0 aliphatic carbocycles. The van der Waals surface area contributed by atoms with Crippen LogP contribution in [0.25, 0.3) is 0 Å². The summed E-state index contributed by atoms with van der Waals surface area (Å²) in [6.07, 6.45) is -4.96. The molecule has 0 aromatic carbocycles. The molecule has 0 unspecified atom stereocenters. The SMILES string of the molecule is N#CC(F)=C(N)C(F)(F)F. The van der Waals surface area contributed by atoms with Gasteiger partial charge < -0.3 is 5.73 Å². The van der Waals surface area contributed by atoms with Crippen LogP contribution in [-0.4, -0.2) is 6.18 Å². The van der Waals surface area contributed by atoms with E-state index in [1.807, 2.05) is 0 Å². The Hall–Kier alpha value is -1.25. The second-order valence-corrected chi connectivity index (χ2v) is 1.34. The van der Waals surface area contributed by atoms with Crippen LogP contribution in [0.1, 0.15) is 0 Å². The predicted octanol–water partition coefficient (Wildman–Crippen LogP) is 1.21. The van der Waals surface area contributed by atoms with Crippen molar-refractivity contribution in [3.63, 3.8) is 0 Å². The van der Waals surface area contributed by atoms with Crippen LogP contribution < -0.4 is 5.73 Å². The number of hydrogen-bond acceptors (Lipinski definition) is 2. The Balaban J connectivity index is 4.69. The fraction of sp³-hybridized carbons (Fsp3) is 0.250. The van der Waals surface area contributed by atoms with Gasteiger partial charge in [0.2, 0.25) is 5.83 Å². The molecule has 0 aliphatic heterocycles. The van der Waals surface area contributed by atoms with Gasteiger partial charge in [-0.15, -0.1) is 0 Å². The first-order chi connectivity index (χ1) is 4.39. The van der Waals surface area contributed by atoms with Crippen LogP contribution in [0.5, 0.6) is 0 Å². The number of allylic oxidation sites excluding steroid dienone is 2. The Bertz CT molecular complexity index is 196. The van der Waals surface area contributed by atoms with Crippen molar-refractivity contribution in [1.29, 1.82) is 5.26 Å². The van der Waals surface area contributed by atoms with Gasteiger partial charge in [-0.25, -0.2) is 0 Å². The number of halogens is 4. The molecule has 0 aromatic heterocycles. The summed E-state index contributed by atoms with van der Waals surface area (Å²) in [5, 5.41) is 7.61. The fourth-order valence-electron chi connectivity index (χ4n) is 0.185. The van der Waals surface area contributed by atoms with Crippen molar-refractivity contribution in [2.45, 2.75) is 6.18 Å². The standard InChI is InChI=1S/C4H2F4N2/c5-2(1-9)3(10)4(6,7)8/h10H2. The van der Waals surface area contributed by atoms with E-state index in [4.69, 9.17) is 5.26 Å². The Kier molecular flexibility index (Phi) is 2.24. The summed E-state index contributed by atoms with van der Waals surface area (Å²) in [6.45, 7) is 0. The Morgan fingerprint density at radius 1 is 1.40 bits per heavy atom. The van der Waals surface area contributed by atoms with Crippen molar-refractivity contribution >= 4 is 0 Å². The smallest absolute Gasteiger partial charge is 0.392 e. The van der Waals surface area contributed by atoms with Gasteiger partial charge in [0.1, 0.15) is 6.07 Å². The van der Waals surface area contributed by atoms with Gasteiger partial charge in [-0.05, 0) is 0 Å². The van der Waals surface area contributed by atoms with Crippen molar-refractivity contribution in [3.8, 4) is 6.07 Å². The van der Waals surface area contributed by atoms with Crippen molar-refractivity contribution < 1.29 is 17.6 Å². The van der Waals surface area contributed by atoms with E-state index in [2.05, 4.69) is 5.73 Å². The summed E-state index contributed by atoms with van der Waals surface area (Å²) in [6, 6.07) is 0.639. The molecular weight excluding hydrogens is 152 g/mol. The molecule has 0 fully saturated rings. The molecule has 0 spiro atoms. The summed E-state index contributed by atoms with van der Waals surface area (Å²) in [5.74, 6) is -2.01. The van der Waals surface area contributed by atoms with E-state index in [0.29, 0.717) is 6.07 Å². The molecule has 0 aliphatic rings. The summed E-state index contributed by atoms with van der Waals surface area (Å²) in [4.78, 5) is 0. The maximum Gasteiger partial charge on any atom is 0.434 e. The predicted molar refractivity (Wildman–Crippen MR) is 24.0 cm³/mol. The van der Waals surface area contributed by atoms with Gasteiger partial charge in [-0.2, -0.15) is 22.8 Å². The Morgan fingerprint density at radius 3 is 1.90 bits per heavy atom. The molecule has 0 heterocycles. The molecule has 2 N–H and O–H groups in total. The molecule has 2 nitrogen and oxygen atoms in total. The first kappa shape index (κ1) is 8.75. The largest absolute Gasteiger partial charge is 0.434 e. The number of alkyl halides is 3. The van der Waals surface area contributed by atoms with Crippen molar-refractivity contribution in [3.05, 3.63) is 11.5 Å². The Morgan fingerprint density at radius 2 is 1.80 bits per heavy atom. The number of hydrogen-bond donors (Lipinski definition) is 1. The minimum Gasteiger partial charge on any atom is -0.392 e. The molecular formula is C4H2F4N2. The van der Waals surface area contributed by atoms with Crippen LogP contribution in [0.3, 0.4) is 0 Å². The minimum atomic E-state index is -4.96. The number of rotatable bonds is 0. The average molecular weight is 154 g/mol. The van der Waals surface area contributed by atoms with Crippen LogP contribution in [0.2, 0.25) is 0 Å². The highest BCUT2D eigenvalue weighted by molar-refractivity contribution is 5.21. The summed E-state index contributed by atoms with van der Waals surface area (Å²) in [5.41, 5.74) is 2.17. The zero-order chi connectivity index (χ0) is 8.36. The molecule has 6 heteroatoms. The monoisotopic (exact) mass is 154 g/mol. The summed E-state index contributed by atoms with van der Waals surface area (Å²) < 4.78 is 45.6. The van der Waals surface area contributed by atoms with Gasteiger partial charge in [-0.1, -0.05) is 0 Å². The van der Waals surface area contributed by atoms with Crippen molar-refractivity contribution in [2.24, 2.45) is 5.73 Å². The van der Waals surface area contributed by atoms with E-state index in [0.717, 1.165) is 0 Å². The first-order valence-corrected chi connectivity index (χ1v) is 2.02. The van der Waals surface area contributed by atoms with Crippen molar-refractivity contribution in [1.82, 2.24) is 0 Å². The fourth-order valence-corrected chi connectivity index (χ4v) is 0.185. The van der Waals surface area contributed by atoms with Crippen LogP contribution in [-0.2, 0) is 0 Å². The van der Waals surface area contributed by atoms with Crippen LogP contribution in [0, 0.1) is 11.3 Å². The molecule has 0 bridgehead atoms. The maximum atomic E-state index is 11.7. The van der Waals surface area contributed by atoms with E-state index in [9.17, 15) is 17.6 Å². The molecule has 0 atom stereocenters. The summed E-state index contributed by atoms with van der Waals surface area (Å²) >= 11 is 0. The molecule has 0 amide bonds. The number of nitrogens with zero attached hydrogens (tertiary/aromatic N) is 1. The van der Waals surface area contributed by atoms with Gasteiger partial charge >= 0.3 is 6.18 Å². The topological polar surface area (TPSA) is 49.8 Å². The third-order valence-electron chi connectivity index (χ3n) is 0.640. The third-order valence-corrected chi connectivity index (χ3v) is 0.640. The maximum absolute atomic E-state index is 11.7. The lowest BCUT2D eigenvalue weighted by molar-refractivity contribution is -0.0942. The molecule has 0 saturated carbocycles. The lowest BCUT2D eigenvalue weighted by atomic mass is 10.4. The number of nitrogens with two attached hydrogens (primary N) is 1. The van der Waals surface area contributed by atoms with Crippen molar-refractivity contribution in [2.75, 3.05) is 0 Å². The van der Waals surface area contributed by atoms with E-state index in [1.54, 1.807) is 0 Å². The van der Waals surface area contributed by atoms with Gasteiger partial charge in [-0.3, -0.25) is 0 Å². The molecule has 0 aromatic rings. The van der Waals surface area contributed by atoms with E-state index < -0.39 is 17.7 Å². The summed E-state index contributed by atoms with van der Waals surface area (Å²) in [7, 11) is 0. The molecule has 56 valence electrons. The molecule has 0 saturated heterocycles. The van der Waals surface area contributed by atoms with Gasteiger partial charge in [0.25, 0.3) is 0 Å². The van der Waals surface area contributed by atoms with Gasteiger partial charge in [0.05, 0.1) is 0 Å². The zero-order valence-electron chi connectivity index (χ0n) is 4.54. The second-order valence-electron chi connectivity index (χ2n) is 1.34. The van der Waals surface area contributed by atoms with Crippen LogP contribution in [0.15, 0.2) is 11.5 Å². The highest BCUT2D eigenvalue weighted by Gasteiger charge is 2.34. The van der Waals surface area contributed by atoms with Crippen LogP contribution in [0.4, 0.5) is 17.6 Å². The lowest BCUT2D eigenvalue weighted by Crippen LogP contribution is -2.20. The normalized spacial score (nSPS) is 13.9. The zero-order valence-corrected chi connectivity index (χ0v) is 4.54.